The second-order valence-corrected chi connectivity index (χ2v) is 4.88. The van der Waals surface area contributed by atoms with Gasteiger partial charge in [-0.3, -0.25) is 4.90 Å². The first-order valence-electron chi connectivity index (χ1n) is 6.75. The number of benzene rings is 1. The fourth-order valence-electron chi connectivity index (χ4n) is 2.45. The van der Waals surface area contributed by atoms with E-state index < -0.39 is 0 Å². The van der Waals surface area contributed by atoms with E-state index in [0.717, 1.165) is 12.3 Å². The number of hydrogen-bond acceptors (Lipinski definition) is 4. The van der Waals surface area contributed by atoms with Crippen LogP contribution in [0.5, 0.6) is 0 Å². The van der Waals surface area contributed by atoms with Gasteiger partial charge in [-0.05, 0) is 30.3 Å². The summed E-state index contributed by atoms with van der Waals surface area (Å²) in [5.74, 6) is 0.940. The van der Waals surface area contributed by atoms with Crippen molar-refractivity contribution in [2.45, 2.75) is 19.2 Å². The topological polar surface area (TPSA) is 51.6 Å². The minimum Gasteiger partial charge on any atom is -0.468 e. The van der Waals surface area contributed by atoms with Crippen molar-refractivity contribution >= 4 is 0 Å². The Kier molecular flexibility index (Phi) is 5.35. The Labute approximate surface area is 120 Å². The lowest BCUT2D eigenvalue weighted by molar-refractivity contribution is 0.178. The second kappa shape index (κ2) is 7.24. The summed E-state index contributed by atoms with van der Waals surface area (Å²) in [5, 5.41) is 0. The molecule has 2 aromatic rings. The number of rotatable bonds is 7. The van der Waals surface area contributed by atoms with Crippen molar-refractivity contribution < 1.29 is 9.15 Å². The number of nitrogens with zero attached hydrogens (tertiary/aromatic N) is 1. The molecule has 0 aliphatic heterocycles. The Morgan fingerprint density at radius 1 is 1.25 bits per heavy atom. The van der Waals surface area contributed by atoms with Crippen molar-refractivity contribution in [2.24, 2.45) is 5.73 Å². The molecule has 4 heteroatoms. The van der Waals surface area contributed by atoms with E-state index in [1.165, 1.54) is 11.1 Å². The molecule has 0 aliphatic carbocycles. The van der Waals surface area contributed by atoms with Crippen LogP contribution in [-0.2, 0) is 17.9 Å². The predicted octanol–water partition coefficient (Wildman–Crippen LogP) is 2.56. The fraction of sp³-hybridized carbons (Fsp3) is 0.375. The Balaban J connectivity index is 2.18. The minimum absolute atomic E-state index is 0.145. The van der Waals surface area contributed by atoms with Gasteiger partial charge < -0.3 is 14.9 Å². The highest BCUT2D eigenvalue weighted by Gasteiger charge is 2.19. The molecule has 0 fully saturated rings. The normalized spacial score (nSPS) is 12.8. The van der Waals surface area contributed by atoms with Crippen LogP contribution < -0.4 is 5.73 Å². The van der Waals surface area contributed by atoms with Crippen LogP contribution in [0.3, 0.4) is 0 Å². The number of methoxy groups -OCH3 is 1. The summed E-state index contributed by atoms with van der Waals surface area (Å²) in [4.78, 5) is 2.20. The van der Waals surface area contributed by atoms with Gasteiger partial charge in [0.1, 0.15) is 5.76 Å². The van der Waals surface area contributed by atoms with E-state index in [1.807, 2.05) is 24.3 Å². The largest absolute Gasteiger partial charge is 0.468 e. The van der Waals surface area contributed by atoms with Gasteiger partial charge in [0.25, 0.3) is 0 Å². The highest BCUT2D eigenvalue weighted by atomic mass is 16.5. The van der Waals surface area contributed by atoms with Gasteiger partial charge in [0, 0.05) is 19.7 Å². The van der Waals surface area contributed by atoms with Crippen LogP contribution in [0, 0.1) is 0 Å². The molecule has 0 bridgehead atoms. The third-order valence-corrected chi connectivity index (χ3v) is 3.45. The molecule has 0 aliphatic rings. The molecule has 2 rings (SSSR count). The summed E-state index contributed by atoms with van der Waals surface area (Å²) in [6.07, 6.45) is 1.69. The Morgan fingerprint density at radius 2 is 2.05 bits per heavy atom. The summed E-state index contributed by atoms with van der Waals surface area (Å²) in [5.41, 5.74) is 8.38. The van der Waals surface area contributed by atoms with Gasteiger partial charge in [0.2, 0.25) is 0 Å². The number of likely N-dealkylation sites (N-methyl/N-ethyl adjacent to an activating group) is 1. The lowest BCUT2D eigenvalue weighted by Gasteiger charge is -2.28. The van der Waals surface area contributed by atoms with Crippen LogP contribution in [0.15, 0.2) is 47.1 Å². The van der Waals surface area contributed by atoms with Crippen molar-refractivity contribution in [3.8, 4) is 0 Å². The summed E-state index contributed by atoms with van der Waals surface area (Å²) in [6, 6.07) is 12.3. The molecule has 1 atom stereocenters. The molecule has 1 heterocycles. The molecule has 2 N–H and O–H groups in total. The number of hydrogen-bond donors (Lipinski definition) is 1. The summed E-state index contributed by atoms with van der Waals surface area (Å²) < 4.78 is 10.7. The van der Waals surface area contributed by atoms with Crippen molar-refractivity contribution in [2.75, 3.05) is 20.7 Å². The lowest BCUT2D eigenvalue weighted by Crippen LogP contribution is -2.30. The maximum atomic E-state index is 5.99. The standard InChI is InChI=1S/C16H22N2O2/c1-18(11-14-7-5-9-20-14)16(10-17)15-8-4-3-6-13(15)12-19-2/h3-9,16H,10-12,17H2,1-2H3. The molecule has 1 unspecified atom stereocenters. The first-order valence-corrected chi connectivity index (χ1v) is 6.75. The SMILES string of the molecule is COCc1ccccc1C(CN)N(C)Cc1ccco1. The van der Waals surface area contributed by atoms with Crippen LogP contribution in [0.1, 0.15) is 22.9 Å². The summed E-state index contributed by atoms with van der Waals surface area (Å²) in [7, 11) is 3.77. The van der Waals surface area contributed by atoms with Crippen LogP contribution in [0.4, 0.5) is 0 Å². The van der Waals surface area contributed by atoms with E-state index >= 15 is 0 Å². The van der Waals surface area contributed by atoms with Gasteiger partial charge in [-0.2, -0.15) is 0 Å². The molecule has 1 aromatic heterocycles. The smallest absolute Gasteiger partial charge is 0.117 e. The zero-order chi connectivity index (χ0) is 14.4. The van der Waals surface area contributed by atoms with Crippen molar-refractivity contribution in [3.05, 3.63) is 59.5 Å². The molecular weight excluding hydrogens is 252 g/mol. The quantitative estimate of drug-likeness (QED) is 0.843. The van der Waals surface area contributed by atoms with E-state index in [0.29, 0.717) is 13.2 Å². The Bertz CT molecular complexity index is 511. The van der Waals surface area contributed by atoms with Crippen LogP contribution in [-0.4, -0.2) is 25.6 Å². The Morgan fingerprint density at radius 3 is 2.70 bits per heavy atom. The van der Waals surface area contributed by atoms with E-state index in [-0.39, 0.29) is 6.04 Å². The predicted molar refractivity (Wildman–Crippen MR) is 79.1 cm³/mol. The van der Waals surface area contributed by atoms with Gasteiger partial charge in [-0.25, -0.2) is 0 Å². The zero-order valence-electron chi connectivity index (χ0n) is 12.1. The number of nitrogens with two attached hydrogens (primary N) is 1. The van der Waals surface area contributed by atoms with E-state index in [9.17, 15) is 0 Å². The van der Waals surface area contributed by atoms with Crippen molar-refractivity contribution in [3.63, 3.8) is 0 Å². The van der Waals surface area contributed by atoms with Gasteiger partial charge in [0.05, 0.1) is 19.4 Å². The molecule has 1 aromatic carbocycles. The summed E-state index contributed by atoms with van der Waals surface area (Å²) in [6.45, 7) is 1.88. The Hall–Kier alpha value is -1.62. The number of ether oxygens (including phenoxy) is 1. The highest BCUT2D eigenvalue weighted by Crippen LogP contribution is 2.24. The van der Waals surface area contributed by atoms with Crippen molar-refractivity contribution in [1.82, 2.24) is 4.90 Å². The minimum atomic E-state index is 0.145. The first-order chi connectivity index (χ1) is 9.76. The third-order valence-electron chi connectivity index (χ3n) is 3.45. The van der Waals surface area contributed by atoms with E-state index in [4.69, 9.17) is 14.9 Å². The van der Waals surface area contributed by atoms with Gasteiger partial charge in [-0.15, -0.1) is 0 Å². The molecule has 0 amide bonds. The van der Waals surface area contributed by atoms with Gasteiger partial charge in [0.15, 0.2) is 0 Å². The van der Waals surface area contributed by atoms with Crippen LogP contribution in [0.2, 0.25) is 0 Å². The summed E-state index contributed by atoms with van der Waals surface area (Å²) >= 11 is 0. The average molecular weight is 274 g/mol. The van der Waals surface area contributed by atoms with E-state index in [2.05, 4.69) is 24.1 Å². The molecular formula is C16H22N2O2. The molecule has 108 valence electrons. The van der Waals surface area contributed by atoms with Crippen molar-refractivity contribution in [1.29, 1.82) is 0 Å². The second-order valence-electron chi connectivity index (χ2n) is 4.88. The molecule has 0 radical (unpaired) electrons. The molecule has 0 spiro atoms. The third kappa shape index (κ3) is 3.48. The van der Waals surface area contributed by atoms with E-state index in [1.54, 1.807) is 13.4 Å². The molecule has 0 saturated heterocycles. The molecule has 4 nitrogen and oxygen atoms in total. The first kappa shape index (κ1) is 14.8. The maximum absolute atomic E-state index is 5.99. The number of furan rings is 1. The fourth-order valence-corrected chi connectivity index (χ4v) is 2.45. The van der Waals surface area contributed by atoms with Gasteiger partial charge >= 0.3 is 0 Å². The average Bonchev–Trinajstić information content (AvgIpc) is 2.94. The van der Waals surface area contributed by atoms with Gasteiger partial charge in [-0.1, -0.05) is 24.3 Å². The monoisotopic (exact) mass is 274 g/mol. The highest BCUT2D eigenvalue weighted by molar-refractivity contribution is 5.30. The molecule has 0 saturated carbocycles. The van der Waals surface area contributed by atoms with Crippen LogP contribution >= 0.6 is 0 Å². The zero-order valence-corrected chi connectivity index (χ0v) is 12.1. The molecule has 20 heavy (non-hydrogen) atoms. The van der Waals surface area contributed by atoms with Crippen LogP contribution in [0.25, 0.3) is 0 Å². The maximum Gasteiger partial charge on any atom is 0.117 e. The lowest BCUT2D eigenvalue weighted by atomic mass is 9.99.